The summed E-state index contributed by atoms with van der Waals surface area (Å²) < 4.78 is 0. The SMILES string of the molecule is C#CCC(CC)NC1CC(=O)N(C(C)CC)C1=O. The molecule has 0 aliphatic carbocycles. The highest BCUT2D eigenvalue weighted by Gasteiger charge is 2.40. The lowest BCUT2D eigenvalue weighted by Gasteiger charge is -2.23. The first-order chi connectivity index (χ1) is 8.54. The Morgan fingerprint density at radius 2 is 2.11 bits per heavy atom. The van der Waals surface area contributed by atoms with Gasteiger partial charge in [0.15, 0.2) is 0 Å². The minimum absolute atomic E-state index is 0.0236. The molecule has 1 aliphatic rings. The van der Waals surface area contributed by atoms with Crippen LogP contribution in [0.15, 0.2) is 0 Å². The largest absolute Gasteiger partial charge is 0.302 e. The molecule has 0 aromatic heterocycles. The number of rotatable bonds is 6. The maximum absolute atomic E-state index is 12.2. The van der Waals surface area contributed by atoms with E-state index in [1.165, 1.54) is 4.90 Å². The highest BCUT2D eigenvalue weighted by Crippen LogP contribution is 2.19. The first-order valence-electron chi connectivity index (χ1n) is 6.60. The number of nitrogens with zero attached hydrogens (tertiary/aromatic N) is 1. The number of nitrogens with one attached hydrogen (secondary N) is 1. The third-order valence-electron chi connectivity index (χ3n) is 3.51. The Kier molecular flexibility index (Phi) is 5.36. The number of hydrogen-bond donors (Lipinski definition) is 1. The van der Waals surface area contributed by atoms with Crippen LogP contribution in [-0.4, -0.2) is 34.8 Å². The van der Waals surface area contributed by atoms with Crippen molar-refractivity contribution in [1.29, 1.82) is 0 Å². The molecule has 0 bridgehead atoms. The summed E-state index contributed by atoms with van der Waals surface area (Å²) in [6, 6.07) is -0.317. The van der Waals surface area contributed by atoms with E-state index in [0.29, 0.717) is 6.42 Å². The maximum Gasteiger partial charge on any atom is 0.247 e. The first kappa shape index (κ1) is 14.7. The highest BCUT2D eigenvalue weighted by molar-refractivity contribution is 6.05. The lowest BCUT2D eigenvalue weighted by Crippen LogP contribution is -2.45. The van der Waals surface area contributed by atoms with Crippen LogP contribution in [-0.2, 0) is 9.59 Å². The summed E-state index contributed by atoms with van der Waals surface area (Å²) in [5.74, 6) is 2.40. The monoisotopic (exact) mass is 250 g/mol. The molecule has 1 rings (SSSR count). The van der Waals surface area contributed by atoms with E-state index in [2.05, 4.69) is 11.2 Å². The van der Waals surface area contributed by atoms with Crippen molar-refractivity contribution in [2.75, 3.05) is 0 Å². The van der Waals surface area contributed by atoms with Crippen molar-refractivity contribution in [3.63, 3.8) is 0 Å². The quantitative estimate of drug-likeness (QED) is 0.571. The Morgan fingerprint density at radius 3 is 2.61 bits per heavy atom. The van der Waals surface area contributed by atoms with Gasteiger partial charge in [0.05, 0.1) is 12.5 Å². The van der Waals surface area contributed by atoms with Gasteiger partial charge in [0.2, 0.25) is 11.8 Å². The van der Waals surface area contributed by atoms with Crippen molar-refractivity contribution >= 4 is 11.8 Å². The third kappa shape index (κ3) is 3.11. The van der Waals surface area contributed by atoms with Crippen LogP contribution in [0.2, 0.25) is 0 Å². The lowest BCUT2D eigenvalue weighted by molar-refractivity contribution is -0.141. The van der Waals surface area contributed by atoms with Crippen molar-refractivity contribution in [2.45, 2.75) is 64.6 Å². The number of carbonyl (C=O) groups is 2. The van der Waals surface area contributed by atoms with Gasteiger partial charge < -0.3 is 5.32 Å². The average Bonchev–Trinajstić information content (AvgIpc) is 2.63. The van der Waals surface area contributed by atoms with E-state index < -0.39 is 6.04 Å². The van der Waals surface area contributed by atoms with E-state index in [1.54, 1.807) is 0 Å². The number of likely N-dealkylation sites (tertiary alicyclic amines) is 1. The smallest absolute Gasteiger partial charge is 0.247 e. The van der Waals surface area contributed by atoms with Crippen LogP contribution in [0.3, 0.4) is 0 Å². The van der Waals surface area contributed by atoms with Gasteiger partial charge in [-0.25, -0.2) is 0 Å². The van der Waals surface area contributed by atoms with Gasteiger partial charge in [-0.2, -0.15) is 0 Å². The molecule has 100 valence electrons. The molecule has 1 saturated heterocycles. The van der Waals surface area contributed by atoms with Gasteiger partial charge in [-0.1, -0.05) is 13.8 Å². The molecule has 18 heavy (non-hydrogen) atoms. The van der Waals surface area contributed by atoms with Gasteiger partial charge in [0.25, 0.3) is 0 Å². The molecule has 4 heteroatoms. The second kappa shape index (κ2) is 6.55. The van der Waals surface area contributed by atoms with Crippen molar-refractivity contribution in [3.8, 4) is 12.3 Å². The Morgan fingerprint density at radius 1 is 1.44 bits per heavy atom. The van der Waals surface area contributed by atoms with E-state index in [4.69, 9.17) is 6.42 Å². The molecule has 3 atom stereocenters. The van der Waals surface area contributed by atoms with Crippen LogP contribution in [0.4, 0.5) is 0 Å². The summed E-state index contributed by atoms with van der Waals surface area (Å²) in [6.07, 6.45) is 7.76. The molecule has 0 radical (unpaired) electrons. The molecular formula is C14H22N2O2. The number of amides is 2. The third-order valence-corrected chi connectivity index (χ3v) is 3.51. The molecule has 0 aromatic rings. The van der Waals surface area contributed by atoms with Crippen molar-refractivity contribution in [2.24, 2.45) is 0 Å². The van der Waals surface area contributed by atoms with Crippen LogP contribution < -0.4 is 5.32 Å². The minimum atomic E-state index is -0.398. The first-order valence-corrected chi connectivity index (χ1v) is 6.60. The van der Waals surface area contributed by atoms with Gasteiger partial charge in [0, 0.05) is 18.5 Å². The zero-order valence-electron chi connectivity index (χ0n) is 11.4. The van der Waals surface area contributed by atoms with Crippen molar-refractivity contribution in [1.82, 2.24) is 10.2 Å². The predicted octanol–water partition coefficient (Wildman–Crippen LogP) is 1.30. The average molecular weight is 250 g/mol. The van der Waals surface area contributed by atoms with E-state index in [1.807, 2.05) is 20.8 Å². The second-order valence-electron chi connectivity index (χ2n) is 4.80. The van der Waals surface area contributed by atoms with E-state index in [-0.39, 0.29) is 30.3 Å². The highest BCUT2D eigenvalue weighted by atomic mass is 16.2. The van der Waals surface area contributed by atoms with Crippen LogP contribution in [0.1, 0.15) is 46.5 Å². The number of imide groups is 1. The Labute approximate surface area is 109 Å². The van der Waals surface area contributed by atoms with Gasteiger partial charge in [-0.15, -0.1) is 12.3 Å². The van der Waals surface area contributed by atoms with Gasteiger partial charge in [0.1, 0.15) is 0 Å². The summed E-state index contributed by atoms with van der Waals surface area (Å²) in [5, 5.41) is 3.20. The summed E-state index contributed by atoms with van der Waals surface area (Å²) in [4.78, 5) is 25.4. The normalized spacial score (nSPS) is 23.0. The molecule has 4 nitrogen and oxygen atoms in total. The van der Waals surface area contributed by atoms with Gasteiger partial charge >= 0.3 is 0 Å². The number of carbonyl (C=O) groups excluding carboxylic acids is 2. The summed E-state index contributed by atoms with van der Waals surface area (Å²) in [5.41, 5.74) is 0. The summed E-state index contributed by atoms with van der Waals surface area (Å²) in [7, 11) is 0. The van der Waals surface area contributed by atoms with Crippen LogP contribution >= 0.6 is 0 Å². The summed E-state index contributed by atoms with van der Waals surface area (Å²) >= 11 is 0. The molecule has 0 spiro atoms. The second-order valence-corrected chi connectivity index (χ2v) is 4.80. The van der Waals surface area contributed by atoms with E-state index >= 15 is 0 Å². The Balaban J connectivity index is 2.68. The molecule has 3 unspecified atom stereocenters. The van der Waals surface area contributed by atoms with Crippen LogP contribution in [0.5, 0.6) is 0 Å². The van der Waals surface area contributed by atoms with Gasteiger partial charge in [-0.05, 0) is 19.8 Å². The standard InChI is InChI=1S/C14H22N2O2/c1-5-8-11(7-3)15-12-9-13(17)16(14(12)18)10(4)6-2/h1,10-12,15H,6-9H2,2-4H3. The molecule has 1 aliphatic heterocycles. The molecule has 0 aromatic carbocycles. The van der Waals surface area contributed by atoms with Crippen molar-refractivity contribution in [3.05, 3.63) is 0 Å². The molecule has 2 amide bonds. The lowest BCUT2D eigenvalue weighted by atomic mass is 10.1. The van der Waals surface area contributed by atoms with Crippen LogP contribution in [0, 0.1) is 12.3 Å². The summed E-state index contributed by atoms with van der Waals surface area (Å²) in [6.45, 7) is 5.89. The zero-order valence-corrected chi connectivity index (χ0v) is 11.4. The van der Waals surface area contributed by atoms with E-state index in [9.17, 15) is 9.59 Å². The molecule has 0 saturated carbocycles. The molecular weight excluding hydrogens is 228 g/mol. The molecule has 1 heterocycles. The fourth-order valence-electron chi connectivity index (χ4n) is 2.17. The predicted molar refractivity (Wildman–Crippen MR) is 70.7 cm³/mol. The fourth-order valence-corrected chi connectivity index (χ4v) is 2.17. The minimum Gasteiger partial charge on any atom is -0.302 e. The van der Waals surface area contributed by atoms with E-state index in [0.717, 1.165) is 12.8 Å². The van der Waals surface area contributed by atoms with Crippen LogP contribution in [0.25, 0.3) is 0 Å². The Hall–Kier alpha value is -1.34. The number of terminal acetylenes is 1. The maximum atomic E-state index is 12.2. The fraction of sp³-hybridized carbons (Fsp3) is 0.714. The molecule has 1 N–H and O–H groups in total. The van der Waals surface area contributed by atoms with Crippen molar-refractivity contribution < 1.29 is 9.59 Å². The molecule has 1 fully saturated rings. The Bertz CT molecular complexity index is 359. The number of hydrogen-bond acceptors (Lipinski definition) is 3. The zero-order chi connectivity index (χ0) is 13.7. The van der Waals surface area contributed by atoms with Gasteiger partial charge in [-0.3, -0.25) is 14.5 Å². The topological polar surface area (TPSA) is 49.4 Å².